The van der Waals surface area contributed by atoms with Gasteiger partial charge < -0.3 is 23.8 Å². The third-order valence-electron chi connectivity index (χ3n) is 5.24. The summed E-state index contributed by atoms with van der Waals surface area (Å²) in [7, 11) is 6.56. The predicted octanol–water partition coefficient (Wildman–Crippen LogP) is 3.97. The zero-order chi connectivity index (χ0) is 23.4. The molecule has 0 saturated carbocycles. The summed E-state index contributed by atoms with van der Waals surface area (Å²) in [5, 5.41) is 4.50. The Hall–Kier alpha value is -3.28. The third-order valence-corrected chi connectivity index (χ3v) is 6.00. The van der Waals surface area contributed by atoms with E-state index in [1.165, 1.54) is 0 Å². The van der Waals surface area contributed by atoms with Crippen LogP contribution >= 0.6 is 22.6 Å². The average molecular weight is 561 g/mol. The van der Waals surface area contributed by atoms with Gasteiger partial charge in [0.15, 0.2) is 5.65 Å². The molecule has 0 aliphatic carbocycles. The zero-order valence-corrected chi connectivity index (χ0v) is 20.9. The number of nitrogens with zero attached hydrogens (tertiary/aromatic N) is 5. The highest BCUT2D eigenvalue weighted by atomic mass is 127. The van der Waals surface area contributed by atoms with Crippen molar-refractivity contribution in [2.45, 2.75) is 13.1 Å². The summed E-state index contributed by atoms with van der Waals surface area (Å²) < 4.78 is 24.7. The van der Waals surface area contributed by atoms with E-state index >= 15 is 0 Å². The lowest BCUT2D eigenvalue weighted by Crippen LogP contribution is -2.26. The molecule has 9 nitrogen and oxygen atoms in total. The van der Waals surface area contributed by atoms with Crippen molar-refractivity contribution in [3.05, 3.63) is 63.6 Å². The maximum Gasteiger partial charge on any atom is 0.230 e. The highest BCUT2D eigenvalue weighted by molar-refractivity contribution is 14.1. The van der Waals surface area contributed by atoms with Crippen molar-refractivity contribution in [3.8, 4) is 23.0 Å². The van der Waals surface area contributed by atoms with Crippen LogP contribution in [0.3, 0.4) is 0 Å². The fraction of sp³-hybridized carbons (Fsp3) is 0.261. The summed E-state index contributed by atoms with van der Waals surface area (Å²) in [5.74, 6) is 3.55. The summed E-state index contributed by atoms with van der Waals surface area (Å²) >= 11 is 2.22. The molecule has 0 aliphatic rings. The van der Waals surface area contributed by atoms with Crippen LogP contribution in [0.5, 0.6) is 23.0 Å². The Kier molecular flexibility index (Phi) is 7.02. The number of ether oxygens (including phenoxy) is 4. The van der Waals surface area contributed by atoms with Crippen LogP contribution in [0.2, 0.25) is 0 Å². The molecule has 4 rings (SSSR count). The summed E-state index contributed by atoms with van der Waals surface area (Å²) in [6, 6.07) is 11.5. The van der Waals surface area contributed by atoms with E-state index in [1.54, 1.807) is 45.5 Å². The van der Waals surface area contributed by atoms with Crippen LogP contribution in [0.25, 0.3) is 5.65 Å². The van der Waals surface area contributed by atoms with Crippen molar-refractivity contribution in [2.24, 2.45) is 0 Å². The van der Waals surface area contributed by atoms with Gasteiger partial charge in [0.1, 0.15) is 29.3 Å². The number of methoxy groups -OCH3 is 4. The largest absolute Gasteiger partial charge is 0.497 e. The predicted molar refractivity (Wildman–Crippen MR) is 132 cm³/mol. The molecule has 0 amide bonds. The number of hydrogen-bond donors (Lipinski definition) is 0. The lowest BCUT2D eigenvalue weighted by Gasteiger charge is -2.26. The standard InChI is InChI=1S/C23H24IN5O4/c1-30-17-7-5-15(20(9-17)32-3)12-28(13-16-6-8-18(31-2)10-21(16)33-4)23-26-14-25-22-19(24)11-27-29(22)23/h5-11,14H,12-13H2,1-4H3. The Morgan fingerprint density at radius 1 is 0.818 bits per heavy atom. The number of aromatic nitrogens is 4. The molecule has 0 spiro atoms. The molecule has 2 aromatic heterocycles. The summed E-state index contributed by atoms with van der Waals surface area (Å²) in [5.41, 5.74) is 2.69. The molecule has 0 radical (unpaired) electrons. The molecule has 0 saturated heterocycles. The summed E-state index contributed by atoms with van der Waals surface area (Å²) in [6.07, 6.45) is 3.33. The van der Waals surface area contributed by atoms with Crippen LogP contribution in [0.15, 0.2) is 48.9 Å². The van der Waals surface area contributed by atoms with Gasteiger partial charge in [-0.2, -0.15) is 9.61 Å². The summed E-state index contributed by atoms with van der Waals surface area (Å²) in [6.45, 7) is 1.01. The maximum atomic E-state index is 5.64. The molecule has 0 bridgehead atoms. The van der Waals surface area contributed by atoms with Crippen LogP contribution in [-0.2, 0) is 13.1 Å². The fourth-order valence-corrected chi connectivity index (χ4v) is 4.06. The second kappa shape index (κ2) is 10.1. The first-order valence-corrected chi connectivity index (χ1v) is 11.2. The van der Waals surface area contributed by atoms with Gasteiger partial charge in [0, 0.05) is 36.3 Å². The van der Waals surface area contributed by atoms with Crippen LogP contribution in [0.1, 0.15) is 11.1 Å². The van der Waals surface area contributed by atoms with Crippen molar-refractivity contribution < 1.29 is 18.9 Å². The molecule has 0 aliphatic heterocycles. The first kappa shape index (κ1) is 22.9. The molecular weight excluding hydrogens is 537 g/mol. The molecule has 10 heteroatoms. The van der Waals surface area contributed by atoms with E-state index < -0.39 is 0 Å². The summed E-state index contributed by atoms with van der Waals surface area (Å²) in [4.78, 5) is 11.1. The third kappa shape index (κ3) is 4.75. The zero-order valence-electron chi connectivity index (χ0n) is 18.8. The molecule has 33 heavy (non-hydrogen) atoms. The number of hydrogen-bond acceptors (Lipinski definition) is 8. The minimum atomic E-state index is 0.505. The van der Waals surface area contributed by atoms with Crippen molar-refractivity contribution >= 4 is 34.2 Å². The fourth-order valence-electron chi connectivity index (χ4n) is 3.56. The second-order valence-electron chi connectivity index (χ2n) is 7.11. The van der Waals surface area contributed by atoms with Crippen LogP contribution < -0.4 is 23.8 Å². The molecule has 0 N–H and O–H groups in total. The van der Waals surface area contributed by atoms with E-state index in [1.807, 2.05) is 36.4 Å². The van der Waals surface area contributed by atoms with Gasteiger partial charge in [-0.1, -0.05) is 0 Å². The normalized spacial score (nSPS) is 10.8. The van der Waals surface area contributed by atoms with Gasteiger partial charge in [-0.05, 0) is 46.9 Å². The molecule has 0 unspecified atom stereocenters. The Morgan fingerprint density at radius 2 is 1.39 bits per heavy atom. The molecular formula is C23H24IN5O4. The monoisotopic (exact) mass is 561 g/mol. The number of benzene rings is 2. The first-order chi connectivity index (χ1) is 16.1. The molecule has 0 atom stereocenters. The average Bonchev–Trinajstić information content (AvgIpc) is 3.24. The topological polar surface area (TPSA) is 83.2 Å². The van der Waals surface area contributed by atoms with Gasteiger partial charge >= 0.3 is 0 Å². The van der Waals surface area contributed by atoms with Crippen molar-refractivity contribution in [1.82, 2.24) is 19.6 Å². The number of anilines is 1. The molecule has 0 fully saturated rings. The highest BCUT2D eigenvalue weighted by Gasteiger charge is 2.20. The van der Waals surface area contributed by atoms with Crippen LogP contribution in [0, 0.1) is 3.57 Å². The highest BCUT2D eigenvalue weighted by Crippen LogP contribution is 2.31. The van der Waals surface area contributed by atoms with E-state index in [9.17, 15) is 0 Å². The van der Waals surface area contributed by atoms with Gasteiger partial charge in [0.2, 0.25) is 5.95 Å². The van der Waals surface area contributed by atoms with Crippen molar-refractivity contribution in [2.75, 3.05) is 33.3 Å². The SMILES string of the molecule is COc1ccc(CN(Cc2ccc(OC)cc2OC)c2ncnc3c(I)cnn23)c(OC)c1. The van der Waals surface area contributed by atoms with E-state index in [0.717, 1.165) is 43.3 Å². The lowest BCUT2D eigenvalue weighted by atomic mass is 10.1. The van der Waals surface area contributed by atoms with Crippen LogP contribution in [-0.4, -0.2) is 48.0 Å². The quantitative estimate of drug-likeness (QED) is 0.284. The van der Waals surface area contributed by atoms with E-state index in [4.69, 9.17) is 18.9 Å². The lowest BCUT2D eigenvalue weighted by molar-refractivity contribution is 0.389. The van der Waals surface area contributed by atoms with E-state index in [2.05, 4.69) is 42.6 Å². The van der Waals surface area contributed by atoms with Gasteiger partial charge in [-0.15, -0.1) is 0 Å². The van der Waals surface area contributed by atoms with E-state index in [0.29, 0.717) is 19.0 Å². The van der Waals surface area contributed by atoms with Gasteiger partial charge in [0.05, 0.1) is 38.2 Å². The Labute approximate surface area is 205 Å². The van der Waals surface area contributed by atoms with Gasteiger partial charge in [-0.3, -0.25) is 0 Å². The number of fused-ring (bicyclic) bond motifs is 1. The maximum absolute atomic E-state index is 5.64. The van der Waals surface area contributed by atoms with Crippen LogP contribution in [0.4, 0.5) is 5.95 Å². The van der Waals surface area contributed by atoms with Gasteiger partial charge in [0.25, 0.3) is 0 Å². The Bertz CT molecular complexity index is 1210. The minimum absolute atomic E-state index is 0.505. The van der Waals surface area contributed by atoms with Gasteiger partial charge in [-0.25, -0.2) is 9.97 Å². The number of halogens is 1. The Balaban J connectivity index is 1.79. The molecule has 2 heterocycles. The van der Waals surface area contributed by atoms with Crippen molar-refractivity contribution in [1.29, 1.82) is 0 Å². The first-order valence-electron chi connectivity index (χ1n) is 10.1. The minimum Gasteiger partial charge on any atom is -0.497 e. The molecule has 4 aromatic rings. The molecule has 2 aromatic carbocycles. The smallest absolute Gasteiger partial charge is 0.230 e. The molecule has 172 valence electrons. The number of rotatable bonds is 9. The van der Waals surface area contributed by atoms with Crippen molar-refractivity contribution in [3.63, 3.8) is 0 Å². The van der Waals surface area contributed by atoms with E-state index in [-0.39, 0.29) is 0 Å². The second-order valence-corrected chi connectivity index (χ2v) is 8.28. The Morgan fingerprint density at radius 3 is 1.91 bits per heavy atom.